The van der Waals surface area contributed by atoms with Crippen molar-refractivity contribution in [2.45, 2.75) is 31.6 Å². The fourth-order valence-electron chi connectivity index (χ4n) is 2.69. The highest BCUT2D eigenvalue weighted by atomic mass is 19.4. The van der Waals surface area contributed by atoms with Gasteiger partial charge in [-0.05, 0) is 37.0 Å². The minimum Gasteiger partial charge on any atom is -0.481 e. The summed E-state index contributed by atoms with van der Waals surface area (Å²) in [7, 11) is 0. The van der Waals surface area contributed by atoms with Crippen molar-refractivity contribution < 1.29 is 41.0 Å². The van der Waals surface area contributed by atoms with Gasteiger partial charge in [-0.15, -0.1) is 0 Å². The minimum atomic E-state index is -4.64. The van der Waals surface area contributed by atoms with Crippen molar-refractivity contribution >= 4 is 17.9 Å². The Bertz CT molecular complexity index is 732. The zero-order chi connectivity index (χ0) is 21.5. The number of nitrogens with zero attached hydrogens (tertiary/aromatic N) is 2. The van der Waals surface area contributed by atoms with Crippen molar-refractivity contribution in [2.24, 2.45) is 5.92 Å². The number of carboxylic acid groups (broad SMARTS) is 1. The summed E-state index contributed by atoms with van der Waals surface area (Å²) in [5.74, 6) is -0.833. The van der Waals surface area contributed by atoms with E-state index in [-0.39, 0.29) is 23.6 Å². The largest absolute Gasteiger partial charge is 0.481 e. The lowest BCUT2D eigenvalue weighted by atomic mass is 9.93. The molecule has 28 heavy (non-hydrogen) atoms. The van der Waals surface area contributed by atoms with Gasteiger partial charge in [-0.3, -0.25) is 9.59 Å². The molecule has 1 aliphatic rings. The van der Waals surface area contributed by atoms with E-state index in [9.17, 15) is 31.1 Å². The third kappa shape index (κ3) is 7.46. The van der Waals surface area contributed by atoms with Gasteiger partial charge in [0.2, 0.25) is 6.29 Å². The zero-order valence-corrected chi connectivity index (χ0v) is 14.3. The normalized spacial score (nSPS) is 15.2. The van der Waals surface area contributed by atoms with Crippen LogP contribution in [0.5, 0.6) is 0 Å². The summed E-state index contributed by atoms with van der Waals surface area (Å²) < 4.78 is 69.7. The molecule has 0 radical (unpaired) electrons. The van der Waals surface area contributed by atoms with Gasteiger partial charge in [0.1, 0.15) is 6.07 Å². The van der Waals surface area contributed by atoms with Crippen LogP contribution in [-0.4, -0.2) is 36.6 Å². The van der Waals surface area contributed by atoms with E-state index in [2.05, 4.69) is 0 Å². The number of rotatable bonds is 3. The van der Waals surface area contributed by atoms with Gasteiger partial charge in [-0.25, -0.2) is 0 Å². The number of alkyl halides is 6. The van der Waals surface area contributed by atoms with Crippen LogP contribution in [-0.2, 0) is 15.8 Å². The van der Waals surface area contributed by atoms with E-state index in [0.29, 0.717) is 25.9 Å². The number of halogens is 6. The van der Waals surface area contributed by atoms with Crippen LogP contribution in [0.3, 0.4) is 0 Å². The van der Waals surface area contributed by atoms with Gasteiger partial charge < -0.3 is 10.0 Å². The fraction of sp³-hybridized carbons (Fsp3) is 0.471. The number of aldehydes is 1. The number of carbonyl (C=O) groups excluding carboxylic acids is 1. The average Bonchev–Trinajstić information content (AvgIpc) is 2.60. The Morgan fingerprint density at radius 1 is 1.21 bits per heavy atom. The number of piperidine rings is 1. The number of benzene rings is 1. The molecule has 0 spiro atoms. The van der Waals surface area contributed by atoms with Gasteiger partial charge in [0.25, 0.3) is 0 Å². The molecule has 1 fully saturated rings. The van der Waals surface area contributed by atoms with Crippen LogP contribution in [0.15, 0.2) is 18.2 Å². The molecule has 2 rings (SSSR count). The minimum absolute atomic E-state index is 0.0325. The summed E-state index contributed by atoms with van der Waals surface area (Å²) >= 11 is 0. The van der Waals surface area contributed by atoms with Gasteiger partial charge in [0, 0.05) is 19.5 Å². The van der Waals surface area contributed by atoms with E-state index >= 15 is 0 Å². The Morgan fingerprint density at radius 2 is 1.75 bits per heavy atom. The average molecular weight is 410 g/mol. The molecule has 11 heteroatoms. The number of nitriles is 1. The van der Waals surface area contributed by atoms with Crippen LogP contribution in [0, 0.1) is 17.2 Å². The summed E-state index contributed by atoms with van der Waals surface area (Å²) in [5, 5.41) is 17.9. The molecule has 1 saturated heterocycles. The van der Waals surface area contributed by atoms with E-state index in [1.807, 2.05) is 6.07 Å². The van der Waals surface area contributed by atoms with Crippen LogP contribution in [0.2, 0.25) is 0 Å². The van der Waals surface area contributed by atoms with Gasteiger partial charge in [-0.2, -0.15) is 31.6 Å². The van der Waals surface area contributed by atoms with E-state index in [1.165, 1.54) is 6.07 Å². The quantitative estimate of drug-likeness (QED) is 0.602. The van der Waals surface area contributed by atoms with Crippen molar-refractivity contribution in [3.63, 3.8) is 0 Å². The maximum absolute atomic E-state index is 12.8. The summed E-state index contributed by atoms with van der Waals surface area (Å²) in [6, 6.07) is 4.99. The van der Waals surface area contributed by atoms with Gasteiger partial charge in [0.05, 0.1) is 16.8 Å². The molecular formula is C17H16F6N2O3. The molecule has 1 N–H and O–H groups in total. The predicted octanol–water partition coefficient (Wildman–Crippen LogP) is 4.02. The second-order valence-electron chi connectivity index (χ2n) is 6.03. The molecule has 1 aromatic carbocycles. The van der Waals surface area contributed by atoms with Crippen LogP contribution in [0.1, 0.15) is 30.4 Å². The van der Waals surface area contributed by atoms with E-state index in [0.717, 1.165) is 12.1 Å². The molecule has 0 amide bonds. The maximum Gasteiger partial charge on any atom is 0.446 e. The van der Waals surface area contributed by atoms with Gasteiger partial charge in [0.15, 0.2) is 0 Å². The highest BCUT2D eigenvalue weighted by Gasteiger charge is 2.32. The number of anilines is 1. The molecule has 0 bridgehead atoms. The van der Waals surface area contributed by atoms with Crippen molar-refractivity contribution in [1.82, 2.24) is 0 Å². The predicted molar refractivity (Wildman–Crippen MR) is 85.5 cm³/mol. The van der Waals surface area contributed by atoms with Crippen molar-refractivity contribution in [3.05, 3.63) is 29.3 Å². The third-order valence-corrected chi connectivity index (χ3v) is 4.00. The third-order valence-electron chi connectivity index (χ3n) is 4.00. The molecular weight excluding hydrogens is 394 g/mol. The summed E-state index contributed by atoms with van der Waals surface area (Å²) in [5.41, 5.74) is -0.315. The smallest absolute Gasteiger partial charge is 0.446 e. The molecule has 0 aromatic heterocycles. The molecule has 154 valence electrons. The van der Waals surface area contributed by atoms with Crippen LogP contribution < -0.4 is 4.90 Å². The van der Waals surface area contributed by atoms with Crippen molar-refractivity contribution in [3.8, 4) is 6.07 Å². The highest BCUT2D eigenvalue weighted by Crippen LogP contribution is 2.35. The van der Waals surface area contributed by atoms with E-state index in [4.69, 9.17) is 15.2 Å². The zero-order valence-electron chi connectivity index (χ0n) is 14.3. The maximum atomic E-state index is 12.8. The number of hydrogen-bond donors (Lipinski definition) is 1. The number of hydrogen-bond acceptors (Lipinski definition) is 4. The molecule has 0 unspecified atom stereocenters. The lowest BCUT2D eigenvalue weighted by molar-refractivity contribution is -0.156. The Kier molecular flexibility index (Phi) is 7.84. The fourth-order valence-corrected chi connectivity index (χ4v) is 2.69. The van der Waals surface area contributed by atoms with Crippen LogP contribution in [0.4, 0.5) is 32.0 Å². The second-order valence-corrected chi connectivity index (χ2v) is 6.03. The SMILES string of the molecule is N#Cc1ccc(C(F)(F)F)cc1N1CCC(CC(=O)O)CC1.O=CC(F)(F)F. The summed E-state index contributed by atoms with van der Waals surface area (Å²) in [6.45, 7) is 0.905. The molecule has 1 heterocycles. The van der Waals surface area contributed by atoms with Crippen LogP contribution in [0.25, 0.3) is 0 Å². The first-order valence-corrected chi connectivity index (χ1v) is 7.98. The summed E-state index contributed by atoms with van der Waals surface area (Å²) in [4.78, 5) is 21.1. The monoisotopic (exact) mass is 410 g/mol. The number of carbonyl (C=O) groups is 2. The highest BCUT2D eigenvalue weighted by molar-refractivity contribution is 5.67. The van der Waals surface area contributed by atoms with Gasteiger partial charge in [-0.1, -0.05) is 0 Å². The Labute approximate surface area is 156 Å². The standard InChI is InChI=1S/C15H15F3N2O2.C2HF3O/c16-15(17,18)12-2-1-11(9-19)13(8-12)20-5-3-10(4-6-20)7-14(21)22;3-2(4,5)1-6/h1-2,8,10H,3-7H2,(H,21,22);1H. The molecule has 0 atom stereocenters. The first-order chi connectivity index (χ1) is 12.9. The molecule has 0 saturated carbocycles. The number of aliphatic carboxylic acids is 1. The van der Waals surface area contributed by atoms with Crippen LogP contribution >= 0.6 is 0 Å². The first-order valence-electron chi connectivity index (χ1n) is 7.98. The molecule has 0 aliphatic carbocycles. The molecule has 1 aromatic rings. The Balaban J connectivity index is 0.000000568. The van der Waals surface area contributed by atoms with Crippen molar-refractivity contribution in [2.75, 3.05) is 18.0 Å². The summed E-state index contributed by atoms with van der Waals surface area (Å²) in [6.07, 6.45) is -8.90. The molecule has 5 nitrogen and oxygen atoms in total. The lowest BCUT2D eigenvalue weighted by Gasteiger charge is -2.33. The van der Waals surface area contributed by atoms with E-state index < -0.39 is 30.2 Å². The lowest BCUT2D eigenvalue weighted by Crippen LogP contribution is -2.35. The molecule has 1 aliphatic heterocycles. The van der Waals surface area contributed by atoms with Gasteiger partial charge >= 0.3 is 18.3 Å². The Hall–Kier alpha value is -2.77. The first kappa shape index (κ1) is 23.3. The second kappa shape index (κ2) is 9.43. The topological polar surface area (TPSA) is 81.4 Å². The number of carboxylic acids is 1. The van der Waals surface area contributed by atoms with E-state index in [1.54, 1.807) is 4.90 Å². The van der Waals surface area contributed by atoms with Crippen molar-refractivity contribution in [1.29, 1.82) is 5.26 Å². The Morgan fingerprint density at radius 3 is 2.14 bits per heavy atom.